The molecular weight excluding hydrogens is 566 g/mol. The predicted molar refractivity (Wildman–Crippen MR) is 178 cm³/mol. The summed E-state index contributed by atoms with van der Waals surface area (Å²) in [5, 5.41) is 3.13. The lowest BCUT2D eigenvalue weighted by Crippen LogP contribution is -2.58. The Kier molecular flexibility index (Phi) is 13.5. The maximum Gasteiger partial charge on any atom is 0.333 e. The molecule has 1 aliphatic heterocycles. The van der Waals surface area contributed by atoms with E-state index < -0.39 is 18.1 Å². The van der Waals surface area contributed by atoms with Crippen LogP contribution in [0.2, 0.25) is 0 Å². The Balaban J connectivity index is 1.90. The number of amides is 2. The first-order valence-electron chi connectivity index (χ1n) is 16.3. The van der Waals surface area contributed by atoms with E-state index >= 15 is 0 Å². The number of hydrogen-bond acceptors (Lipinski definition) is 6. The van der Waals surface area contributed by atoms with Crippen molar-refractivity contribution in [2.75, 3.05) is 20.2 Å². The molecule has 1 fully saturated rings. The normalized spacial score (nSPS) is 17.7. The van der Waals surface area contributed by atoms with Crippen LogP contribution in [0.15, 0.2) is 66.2 Å². The number of carbonyl (C=O) groups excluding carboxylic acids is 4. The minimum Gasteiger partial charge on any atom is -0.463 e. The quantitative estimate of drug-likeness (QED) is 0.169. The average Bonchev–Trinajstić information content (AvgIpc) is 3.06. The number of rotatable bonds is 14. The van der Waals surface area contributed by atoms with Crippen LogP contribution in [0.5, 0.6) is 0 Å². The fraction of sp³-hybridized carbons (Fsp3) is 0.514. The van der Waals surface area contributed by atoms with Crippen molar-refractivity contribution in [3.05, 3.63) is 82.9 Å². The molecule has 0 radical (unpaired) electrons. The van der Waals surface area contributed by atoms with E-state index in [9.17, 15) is 19.2 Å². The first-order chi connectivity index (χ1) is 21.5. The van der Waals surface area contributed by atoms with Crippen molar-refractivity contribution in [1.29, 1.82) is 0 Å². The molecule has 2 aromatic rings. The summed E-state index contributed by atoms with van der Waals surface area (Å²) in [4.78, 5) is 57.3. The number of likely N-dealkylation sites (tertiary alicyclic amines) is 1. The third-order valence-electron chi connectivity index (χ3n) is 8.81. The molecule has 3 rings (SSSR count). The highest BCUT2D eigenvalue weighted by Crippen LogP contribution is 2.23. The van der Waals surface area contributed by atoms with Gasteiger partial charge in [0, 0.05) is 36.2 Å². The molecule has 8 heteroatoms. The number of ketones is 1. The topological polar surface area (TPSA) is 96.0 Å². The summed E-state index contributed by atoms with van der Waals surface area (Å²) in [5.74, 6) is -0.875. The largest absolute Gasteiger partial charge is 0.463 e. The second-order valence-corrected chi connectivity index (χ2v) is 12.4. The van der Waals surface area contributed by atoms with Gasteiger partial charge < -0.3 is 15.0 Å². The van der Waals surface area contributed by atoms with Gasteiger partial charge in [0.1, 0.15) is 6.04 Å². The van der Waals surface area contributed by atoms with Gasteiger partial charge >= 0.3 is 5.97 Å². The van der Waals surface area contributed by atoms with Gasteiger partial charge in [-0.3, -0.25) is 19.3 Å². The van der Waals surface area contributed by atoms with Crippen LogP contribution >= 0.6 is 0 Å². The van der Waals surface area contributed by atoms with E-state index in [2.05, 4.69) is 24.1 Å². The van der Waals surface area contributed by atoms with E-state index in [-0.39, 0.29) is 48.6 Å². The monoisotopic (exact) mass is 617 g/mol. The Morgan fingerprint density at radius 1 is 0.978 bits per heavy atom. The molecule has 1 unspecified atom stereocenters. The molecule has 4 atom stereocenters. The summed E-state index contributed by atoms with van der Waals surface area (Å²) in [7, 11) is 1.72. The lowest BCUT2D eigenvalue weighted by atomic mass is 9.95. The molecule has 244 valence electrons. The Labute approximate surface area is 269 Å². The first-order valence-corrected chi connectivity index (χ1v) is 16.3. The molecule has 0 aromatic heterocycles. The van der Waals surface area contributed by atoms with Gasteiger partial charge in [-0.1, -0.05) is 87.9 Å². The summed E-state index contributed by atoms with van der Waals surface area (Å²) < 4.78 is 5.17. The van der Waals surface area contributed by atoms with E-state index in [0.29, 0.717) is 16.7 Å². The van der Waals surface area contributed by atoms with Crippen LogP contribution in [0, 0.1) is 5.92 Å². The Morgan fingerprint density at radius 3 is 2.22 bits per heavy atom. The zero-order chi connectivity index (χ0) is 33.1. The van der Waals surface area contributed by atoms with Crippen molar-refractivity contribution in [1.82, 2.24) is 15.1 Å². The second kappa shape index (κ2) is 17.1. The SMILES string of the molecule is CCOC(=O)/C(C)=C/[C@H](C(C)C)N(C)C(=O)[C@H](Cc1ccc(C(=O)c2ccccc2)cc1)NC(=O)[C@H]1CCCCN1C(C)CC. The Hall–Kier alpha value is -3.78. The summed E-state index contributed by atoms with van der Waals surface area (Å²) in [5.41, 5.74) is 2.42. The molecule has 0 saturated carbocycles. The number of benzene rings is 2. The van der Waals surface area contributed by atoms with Crippen molar-refractivity contribution >= 4 is 23.6 Å². The van der Waals surface area contributed by atoms with E-state index in [1.54, 1.807) is 56.1 Å². The zero-order valence-corrected chi connectivity index (χ0v) is 28.0. The molecule has 1 saturated heterocycles. The van der Waals surface area contributed by atoms with Crippen LogP contribution in [0.1, 0.15) is 88.7 Å². The summed E-state index contributed by atoms with van der Waals surface area (Å²) in [6.07, 6.45) is 5.74. The molecule has 45 heavy (non-hydrogen) atoms. The van der Waals surface area contributed by atoms with Crippen molar-refractivity contribution in [2.45, 2.75) is 97.8 Å². The van der Waals surface area contributed by atoms with E-state index in [1.807, 2.05) is 44.2 Å². The lowest BCUT2D eigenvalue weighted by Gasteiger charge is -2.39. The Morgan fingerprint density at radius 2 is 1.62 bits per heavy atom. The number of hydrogen-bond donors (Lipinski definition) is 1. The maximum atomic E-state index is 14.2. The highest BCUT2D eigenvalue weighted by atomic mass is 16.5. The second-order valence-electron chi connectivity index (χ2n) is 12.4. The third-order valence-corrected chi connectivity index (χ3v) is 8.81. The maximum absolute atomic E-state index is 14.2. The van der Waals surface area contributed by atoms with Crippen LogP contribution in [-0.2, 0) is 25.5 Å². The Bertz CT molecular complexity index is 1320. The van der Waals surface area contributed by atoms with Crippen LogP contribution in [-0.4, -0.2) is 77.7 Å². The molecular formula is C37H51N3O5. The summed E-state index contributed by atoms with van der Waals surface area (Å²) >= 11 is 0. The molecule has 2 aromatic carbocycles. The van der Waals surface area contributed by atoms with E-state index in [1.165, 1.54) is 0 Å². The first kappa shape index (κ1) is 35.7. The molecule has 1 N–H and O–H groups in total. The van der Waals surface area contributed by atoms with Crippen molar-refractivity contribution in [3.63, 3.8) is 0 Å². The minimum atomic E-state index is -0.837. The third kappa shape index (κ3) is 9.60. The fourth-order valence-electron chi connectivity index (χ4n) is 5.96. The standard InChI is InChI=1S/C37H51N3O5/c1-8-27(6)40-22-14-13-17-32(40)35(42)38-31(36(43)39(7)33(25(3)4)23-26(5)37(44)45-9-2)24-28-18-20-30(21-19-28)34(41)29-15-11-10-12-16-29/h10-12,15-16,18-21,23,25,27,31-33H,8-9,13-14,17,22,24H2,1-7H3,(H,38,42)/b26-23+/t27?,31-,32+,33+/m0/s1. The average molecular weight is 618 g/mol. The van der Waals surface area contributed by atoms with E-state index in [4.69, 9.17) is 4.74 Å². The smallest absolute Gasteiger partial charge is 0.333 e. The number of likely N-dealkylation sites (N-methyl/N-ethyl adjacent to an activating group) is 1. The molecule has 1 aliphatic rings. The highest BCUT2D eigenvalue weighted by Gasteiger charge is 2.35. The molecule has 0 aliphatic carbocycles. The number of ether oxygens (including phenoxy) is 1. The number of esters is 1. The van der Waals surface area contributed by atoms with Gasteiger partial charge in [0.05, 0.1) is 18.7 Å². The van der Waals surface area contributed by atoms with Gasteiger partial charge in [-0.05, 0) is 58.1 Å². The van der Waals surface area contributed by atoms with Gasteiger partial charge in [-0.2, -0.15) is 0 Å². The minimum absolute atomic E-state index is 0.00204. The van der Waals surface area contributed by atoms with Gasteiger partial charge in [-0.15, -0.1) is 0 Å². The molecule has 0 bridgehead atoms. The van der Waals surface area contributed by atoms with Crippen molar-refractivity contribution in [2.24, 2.45) is 5.92 Å². The predicted octanol–water partition coefficient (Wildman–Crippen LogP) is 5.59. The van der Waals surface area contributed by atoms with Gasteiger partial charge in [-0.25, -0.2) is 4.79 Å². The van der Waals surface area contributed by atoms with Crippen LogP contribution in [0.4, 0.5) is 0 Å². The molecule has 2 amide bonds. The zero-order valence-electron chi connectivity index (χ0n) is 28.0. The van der Waals surface area contributed by atoms with E-state index in [0.717, 1.165) is 37.8 Å². The molecule has 0 spiro atoms. The van der Waals surface area contributed by atoms with Crippen LogP contribution < -0.4 is 5.32 Å². The lowest BCUT2D eigenvalue weighted by molar-refractivity contribution is -0.139. The van der Waals surface area contributed by atoms with Gasteiger partial charge in [0.25, 0.3) is 0 Å². The number of nitrogens with zero attached hydrogens (tertiary/aromatic N) is 2. The highest BCUT2D eigenvalue weighted by molar-refractivity contribution is 6.09. The molecule has 8 nitrogen and oxygen atoms in total. The number of carbonyl (C=O) groups is 4. The summed E-state index contributed by atoms with van der Waals surface area (Å²) in [6, 6.07) is 15.1. The van der Waals surface area contributed by atoms with Crippen LogP contribution in [0.25, 0.3) is 0 Å². The fourth-order valence-corrected chi connectivity index (χ4v) is 5.96. The van der Waals surface area contributed by atoms with Gasteiger partial charge in [0.15, 0.2) is 5.78 Å². The summed E-state index contributed by atoms with van der Waals surface area (Å²) in [6.45, 7) is 12.8. The number of piperidine rings is 1. The molecule has 1 heterocycles. The van der Waals surface area contributed by atoms with Crippen molar-refractivity contribution < 1.29 is 23.9 Å². The number of nitrogens with one attached hydrogen (secondary N) is 1. The van der Waals surface area contributed by atoms with Crippen molar-refractivity contribution in [3.8, 4) is 0 Å². The van der Waals surface area contributed by atoms with Crippen LogP contribution in [0.3, 0.4) is 0 Å². The van der Waals surface area contributed by atoms with Gasteiger partial charge in [0.2, 0.25) is 11.8 Å².